The van der Waals surface area contributed by atoms with Crippen LogP contribution in [0.15, 0.2) is 24.3 Å². The van der Waals surface area contributed by atoms with Gasteiger partial charge in [-0.3, -0.25) is 9.59 Å². The Balaban J connectivity index is 3.56. The summed E-state index contributed by atoms with van der Waals surface area (Å²) in [6.45, 7) is 4.88. The van der Waals surface area contributed by atoms with Crippen LogP contribution in [0.3, 0.4) is 0 Å². The molecular weight excluding hydrogens is 695 g/mol. The smallest absolute Gasteiger partial charge is 0.305 e. The van der Waals surface area contributed by atoms with Gasteiger partial charge in [0.05, 0.1) is 25.4 Å². The van der Waals surface area contributed by atoms with Gasteiger partial charge in [-0.1, -0.05) is 224 Å². The second kappa shape index (κ2) is 46.0. The minimum atomic E-state index is -0.697. The number of allylic oxidation sites excluding steroid dienone is 4. The van der Waals surface area contributed by atoms with E-state index in [1.807, 2.05) is 6.08 Å². The van der Waals surface area contributed by atoms with E-state index in [9.17, 15) is 19.8 Å². The number of hydrogen-bond acceptors (Lipinski definition) is 5. The molecule has 330 valence electrons. The van der Waals surface area contributed by atoms with Gasteiger partial charge in [0.25, 0.3) is 0 Å². The number of esters is 1. The van der Waals surface area contributed by atoms with E-state index in [0.717, 1.165) is 51.4 Å². The minimum absolute atomic E-state index is 0.0166. The van der Waals surface area contributed by atoms with Crippen LogP contribution >= 0.6 is 0 Å². The summed E-state index contributed by atoms with van der Waals surface area (Å²) < 4.78 is 5.44. The number of hydrogen-bond donors (Lipinski definition) is 3. The van der Waals surface area contributed by atoms with Crippen LogP contribution in [0.2, 0.25) is 0 Å². The molecule has 6 heteroatoms. The van der Waals surface area contributed by atoms with Crippen LogP contribution < -0.4 is 5.32 Å². The number of carbonyl (C=O) groups excluding carboxylic acids is 2. The van der Waals surface area contributed by atoms with Crippen molar-refractivity contribution in [3.8, 4) is 0 Å². The van der Waals surface area contributed by atoms with Gasteiger partial charge in [-0.2, -0.15) is 0 Å². The van der Waals surface area contributed by atoms with Crippen molar-refractivity contribution in [2.75, 3.05) is 13.2 Å². The summed E-state index contributed by atoms with van der Waals surface area (Å²) in [5.41, 5.74) is 0. The second-order valence-electron chi connectivity index (χ2n) is 16.8. The van der Waals surface area contributed by atoms with E-state index >= 15 is 0 Å². The molecule has 0 aliphatic rings. The van der Waals surface area contributed by atoms with Crippen molar-refractivity contribution in [3.63, 3.8) is 0 Å². The van der Waals surface area contributed by atoms with Crippen LogP contribution in [-0.2, 0) is 14.3 Å². The number of aliphatic hydroxyl groups excluding tert-OH is 2. The molecule has 0 fully saturated rings. The van der Waals surface area contributed by atoms with E-state index in [-0.39, 0.29) is 18.5 Å². The number of carbonyl (C=O) groups is 2. The molecule has 3 N–H and O–H groups in total. The summed E-state index contributed by atoms with van der Waals surface area (Å²) in [5.74, 6) is -0.132. The molecular formula is C50H95NO5. The number of nitrogens with one attached hydrogen (secondary N) is 1. The summed E-state index contributed by atoms with van der Waals surface area (Å²) in [6.07, 6.45) is 52.9. The molecule has 2 unspecified atom stereocenters. The van der Waals surface area contributed by atoms with Gasteiger partial charge in [0.2, 0.25) is 5.91 Å². The van der Waals surface area contributed by atoms with Gasteiger partial charge in [-0.15, -0.1) is 0 Å². The Morgan fingerprint density at radius 3 is 1.39 bits per heavy atom. The Kier molecular flexibility index (Phi) is 44.7. The standard InChI is InChI=1S/C50H95NO5/c1-3-5-7-9-11-13-15-17-19-22-26-30-34-38-42-48(53)47(46-52)51-49(54)43-39-35-31-27-23-20-18-21-25-29-33-37-41-45-56-50(55)44-40-36-32-28-24-16-14-12-10-8-6-4-2/h20,23,31,35,47-48,52-53H,3-19,21-22,24-30,32-34,36-46H2,1-2H3,(H,51,54)/b23-20-,35-31-. The van der Waals surface area contributed by atoms with Gasteiger partial charge in [-0.25, -0.2) is 0 Å². The van der Waals surface area contributed by atoms with Gasteiger partial charge in [0.1, 0.15) is 0 Å². The molecule has 0 heterocycles. The third-order valence-corrected chi connectivity index (χ3v) is 11.3. The zero-order valence-electron chi connectivity index (χ0n) is 37.4. The topological polar surface area (TPSA) is 95.9 Å². The van der Waals surface area contributed by atoms with Crippen molar-refractivity contribution in [1.29, 1.82) is 0 Å². The monoisotopic (exact) mass is 790 g/mol. The van der Waals surface area contributed by atoms with Crippen LogP contribution in [0.4, 0.5) is 0 Å². The molecule has 0 spiro atoms. The van der Waals surface area contributed by atoms with Crippen LogP contribution in [0.1, 0.15) is 258 Å². The van der Waals surface area contributed by atoms with Gasteiger partial charge in [0.15, 0.2) is 0 Å². The fourth-order valence-corrected chi connectivity index (χ4v) is 7.45. The summed E-state index contributed by atoms with van der Waals surface area (Å²) >= 11 is 0. The molecule has 2 atom stereocenters. The van der Waals surface area contributed by atoms with E-state index in [0.29, 0.717) is 32.3 Å². The molecule has 0 aliphatic carbocycles. The molecule has 1 amide bonds. The maximum Gasteiger partial charge on any atom is 0.305 e. The van der Waals surface area contributed by atoms with Crippen molar-refractivity contribution < 1.29 is 24.5 Å². The van der Waals surface area contributed by atoms with Gasteiger partial charge < -0.3 is 20.3 Å². The highest BCUT2D eigenvalue weighted by Crippen LogP contribution is 2.16. The van der Waals surface area contributed by atoms with E-state index < -0.39 is 12.1 Å². The zero-order valence-corrected chi connectivity index (χ0v) is 37.4. The first-order chi connectivity index (χ1) is 27.5. The third kappa shape index (κ3) is 42.0. The first kappa shape index (κ1) is 54.3. The maximum atomic E-state index is 12.4. The number of rotatable bonds is 45. The van der Waals surface area contributed by atoms with Crippen LogP contribution in [0.25, 0.3) is 0 Å². The van der Waals surface area contributed by atoms with Crippen LogP contribution in [-0.4, -0.2) is 47.4 Å². The normalized spacial score (nSPS) is 12.9. The summed E-state index contributed by atoms with van der Waals surface area (Å²) in [5, 5.41) is 23.1. The molecule has 0 radical (unpaired) electrons. The van der Waals surface area contributed by atoms with E-state index in [1.165, 1.54) is 167 Å². The van der Waals surface area contributed by atoms with Gasteiger partial charge >= 0.3 is 5.97 Å². The van der Waals surface area contributed by atoms with Crippen molar-refractivity contribution in [2.24, 2.45) is 0 Å². The number of amides is 1. The Hall–Kier alpha value is -1.66. The summed E-state index contributed by atoms with van der Waals surface area (Å²) in [7, 11) is 0. The third-order valence-electron chi connectivity index (χ3n) is 11.3. The first-order valence-corrected chi connectivity index (χ1v) is 24.6. The van der Waals surface area contributed by atoms with Crippen molar-refractivity contribution in [1.82, 2.24) is 5.32 Å². The lowest BCUT2D eigenvalue weighted by molar-refractivity contribution is -0.143. The van der Waals surface area contributed by atoms with Crippen LogP contribution in [0.5, 0.6) is 0 Å². The molecule has 0 rings (SSSR count). The Bertz CT molecular complexity index is 874. The lowest BCUT2D eigenvalue weighted by Gasteiger charge is -2.22. The van der Waals surface area contributed by atoms with Gasteiger partial charge in [0, 0.05) is 12.8 Å². The molecule has 56 heavy (non-hydrogen) atoms. The summed E-state index contributed by atoms with van der Waals surface area (Å²) in [4.78, 5) is 24.4. The van der Waals surface area contributed by atoms with Gasteiger partial charge in [-0.05, 0) is 44.9 Å². The Labute approximate surface area is 348 Å². The molecule has 0 aliphatic heterocycles. The van der Waals surface area contributed by atoms with Crippen LogP contribution in [0, 0.1) is 0 Å². The fourth-order valence-electron chi connectivity index (χ4n) is 7.45. The van der Waals surface area contributed by atoms with Crippen molar-refractivity contribution >= 4 is 11.9 Å². The molecule has 0 aromatic rings. The lowest BCUT2D eigenvalue weighted by atomic mass is 10.0. The highest BCUT2D eigenvalue weighted by molar-refractivity contribution is 5.76. The zero-order chi connectivity index (χ0) is 40.8. The molecule has 0 saturated carbocycles. The molecule has 0 bridgehead atoms. The molecule has 0 saturated heterocycles. The number of unbranched alkanes of at least 4 members (excludes halogenated alkanes) is 30. The number of aliphatic hydroxyl groups is 2. The van der Waals surface area contributed by atoms with E-state index in [2.05, 4.69) is 37.4 Å². The predicted molar refractivity (Wildman–Crippen MR) is 241 cm³/mol. The highest BCUT2D eigenvalue weighted by Gasteiger charge is 2.19. The second-order valence-corrected chi connectivity index (χ2v) is 16.8. The van der Waals surface area contributed by atoms with Crippen molar-refractivity contribution in [3.05, 3.63) is 24.3 Å². The fraction of sp³-hybridized carbons (Fsp3) is 0.880. The first-order valence-electron chi connectivity index (χ1n) is 24.6. The SMILES string of the molecule is CCCCCCCCCCCCCCCCC(O)C(CO)NC(=O)CC/C=C\C/C=C\CCCCCCCCOC(=O)CCCCCCCCCCCCCC. The minimum Gasteiger partial charge on any atom is -0.466 e. The Morgan fingerprint density at radius 2 is 0.911 bits per heavy atom. The maximum absolute atomic E-state index is 12.4. The quantitative estimate of drug-likeness (QED) is 0.0324. The van der Waals surface area contributed by atoms with E-state index in [4.69, 9.17) is 4.74 Å². The largest absolute Gasteiger partial charge is 0.466 e. The van der Waals surface area contributed by atoms with E-state index in [1.54, 1.807) is 0 Å². The number of ether oxygens (including phenoxy) is 1. The summed E-state index contributed by atoms with van der Waals surface area (Å²) in [6, 6.07) is -0.584. The predicted octanol–water partition coefficient (Wildman–Crippen LogP) is 14.3. The lowest BCUT2D eigenvalue weighted by Crippen LogP contribution is -2.45. The molecule has 6 nitrogen and oxygen atoms in total. The Morgan fingerprint density at radius 1 is 0.500 bits per heavy atom. The van der Waals surface area contributed by atoms with Crippen molar-refractivity contribution in [2.45, 2.75) is 270 Å². The molecule has 0 aromatic heterocycles. The highest BCUT2D eigenvalue weighted by atomic mass is 16.5. The average molecular weight is 790 g/mol. The average Bonchev–Trinajstić information content (AvgIpc) is 3.20. The molecule has 0 aromatic carbocycles.